The number of methoxy groups -OCH3 is 1. The van der Waals surface area contributed by atoms with Gasteiger partial charge in [-0.3, -0.25) is 4.79 Å². The highest BCUT2D eigenvalue weighted by molar-refractivity contribution is 5.94. The van der Waals surface area contributed by atoms with Crippen LogP contribution in [-0.2, 0) is 11.3 Å². The summed E-state index contributed by atoms with van der Waals surface area (Å²) in [6.07, 6.45) is -0.0141. The molecule has 1 atom stereocenters. The molecule has 4 heteroatoms. The molecule has 1 aromatic carbocycles. The maximum atomic E-state index is 12.0. The van der Waals surface area contributed by atoms with Crippen molar-refractivity contribution in [3.05, 3.63) is 35.4 Å². The molecule has 0 bridgehead atoms. The number of benzene rings is 1. The van der Waals surface area contributed by atoms with Gasteiger partial charge in [-0.2, -0.15) is 0 Å². The summed E-state index contributed by atoms with van der Waals surface area (Å²) in [6.45, 7) is 7.24. The topological polar surface area (TPSA) is 64.3 Å². The Bertz CT molecular complexity index is 407. The lowest BCUT2D eigenvalue weighted by atomic mass is 9.89. The van der Waals surface area contributed by atoms with E-state index in [-0.39, 0.29) is 17.4 Å². The van der Waals surface area contributed by atoms with Crippen LogP contribution in [0.15, 0.2) is 24.3 Å². The van der Waals surface area contributed by atoms with Gasteiger partial charge in [-0.05, 0) is 23.1 Å². The van der Waals surface area contributed by atoms with Crippen LogP contribution in [0.4, 0.5) is 0 Å². The van der Waals surface area contributed by atoms with Crippen LogP contribution in [0.1, 0.15) is 36.7 Å². The van der Waals surface area contributed by atoms with Crippen LogP contribution in [0.25, 0.3) is 0 Å². The van der Waals surface area contributed by atoms with Gasteiger partial charge in [-0.1, -0.05) is 32.9 Å². The van der Waals surface area contributed by atoms with E-state index in [1.165, 1.54) is 0 Å². The number of amides is 1. The minimum absolute atomic E-state index is 0.00850. The van der Waals surface area contributed by atoms with E-state index in [0.29, 0.717) is 18.7 Å². The van der Waals surface area contributed by atoms with Crippen LogP contribution >= 0.6 is 0 Å². The maximum absolute atomic E-state index is 12.0. The van der Waals surface area contributed by atoms with Gasteiger partial charge in [0, 0.05) is 25.8 Å². The molecular weight excluding hydrogens is 240 g/mol. The minimum Gasteiger partial charge on any atom is -0.379 e. The van der Waals surface area contributed by atoms with Gasteiger partial charge < -0.3 is 15.8 Å². The number of nitrogens with two attached hydrogens (primary N) is 1. The summed E-state index contributed by atoms with van der Waals surface area (Å²) in [5, 5.41) is 2.90. The first-order valence-electron chi connectivity index (χ1n) is 6.48. The molecule has 0 radical (unpaired) electrons. The molecular formula is C15H24N2O2. The Balaban J connectivity index is 2.59. The molecule has 0 saturated heterocycles. The smallest absolute Gasteiger partial charge is 0.251 e. The molecule has 0 heterocycles. The van der Waals surface area contributed by atoms with Gasteiger partial charge in [0.1, 0.15) is 0 Å². The molecule has 0 aliphatic carbocycles. The summed E-state index contributed by atoms with van der Waals surface area (Å²) in [4.78, 5) is 12.0. The zero-order chi connectivity index (χ0) is 14.5. The average molecular weight is 264 g/mol. The fourth-order valence-corrected chi connectivity index (χ4v) is 1.82. The third-order valence-corrected chi connectivity index (χ3v) is 3.15. The van der Waals surface area contributed by atoms with Gasteiger partial charge in [-0.25, -0.2) is 0 Å². The fourth-order valence-electron chi connectivity index (χ4n) is 1.82. The van der Waals surface area contributed by atoms with Crippen LogP contribution in [0.3, 0.4) is 0 Å². The maximum Gasteiger partial charge on any atom is 0.251 e. The molecule has 3 N–H and O–H groups in total. The Morgan fingerprint density at radius 2 is 1.89 bits per heavy atom. The number of rotatable bonds is 5. The zero-order valence-electron chi connectivity index (χ0n) is 12.2. The Morgan fingerprint density at radius 1 is 1.32 bits per heavy atom. The Labute approximate surface area is 115 Å². The van der Waals surface area contributed by atoms with Crippen molar-refractivity contribution in [2.45, 2.75) is 33.4 Å². The lowest BCUT2D eigenvalue weighted by molar-refractivity contribution is 0.0176. The van der Waals surface area contributed by atoms with Crippen LogP contribution in [0.2, 0.25) is 0 Å². The third kappa shape index (κ3) is 4.65. The van der Waals surface area contributed by atoms with Crippen molar-refractivity contribution < 1.29 is 9.53 Å². The van der Waals surface area contributed by atoms with E-state index in [1.807, 2.05) is 12.1 Å². The van der Waals surface area contributed by atoms with Crippen molar-refractivity contribution in [1.82, 2.24) is 5.32 Å². The third-order valence-electron chi connectivity index (χ3n) is 3.15. The lowest BCUT2D eigenvalue weighted by Crippen LogP contribution is -2.40. The number of hydrogen-bond donors (Lipinski definition) is 2. The fraction of sp³-hybridized carbons (Fsp3) is 0.533. The standard InChI is InChI=1S/C15H24N2O2/c1-15(2,3)13(19-4)10-17-14(18)12-7-5-11(9-16)6-8-12/h5-8,13H,9-10,16H2,1-4H3,(H,17,18). The second-order valence-corrected chi connectivity index (χ2v) is 5.70. The van der Waals surface area contributed by atoms with Crippen LogP contribution in [0.5, 0.6) is 0 Å². The summed E-state index contributed by atoms with van der Waals surface area (Å²) in [5.74, 6) is -0.0881. The number of carbonyl (C=O) groups is 1. The molecule has 4 nitrogen and oxygen atoms in total. The molecule has 1 rings (SSSR count). The number of hydrogen-bond acceptors (Lipinski definition) is 3. The van der Waals surface area contributed by atoms with Crippen LogP contribution in [-0.4, -0.2) is 25.7 Å². The summed E-state index contributed by atoms with van der Waals surface area (Å²) in [5.41, 5.74) is 7.17. The van der Waals surface area contributed by atoms with Gasteiger partial charge >= 0.3 is 0 Å². The molecule has 0 saturated carbocycles. The quantitative estimate of drug-likeness (QED) is 0.854. The molecule has 0 aliphatic heterocycles. The van der Waals surface area contributed by atoms with E-state index < -0.39 is 0 Å². The number of ether oxygens (including phenoxy) is 1. The van der Waals surface area contributed by atoms with Gasteiger partial charge in [-0.15, -0.1) is 0 Å². The highest BCUT2D eigenvalue weighted by atomic mass is 16.5. The van der Waals surface area contributed by atoms with E-state index in [0.717, 1.165) is 5.56 Å². The van der Waals surface area contributed by atoms with Gasteiger partial charge in [0.25, 0.3) is 5.91 Å². The molecule has 1 unspecified atom stereocenters. The largest absolute Gasteiger partial charge is 0.379 e. The van der Waals surface area contributed by atoms with Crippen molar-refractivity contribution in [2.24, 2.45) is 11.1 Å². The summed E-state index contributed by atoms with van der Waals surface area (Å²) >= 11 is 0. The average Bonchev–Trinajstić information content (AvgIpc) is 2.37. The molecule has 0 fully saturated rings. The van der Waals surface area contributed by atoms with Gasteiger partial charge in [0.05, 0.1) is 6.10 Å². The number of carbonyl (C=O) groups excluding carboxylic acids is 1. The Hall–Kier alpha value is -1.39. The predicted molar refractivity (Wildman–Crippen MR) is 76.9 cm³/mol. The minimum atomic E-state index is -0.0881. The predicted octanol–water partition coefficient (Wildman–Crippen LogP) is 1.94. The van der Waals surface area contributed by atoms with Crippen LogP contribution < -0.4 is 11.1 Å². The van der Waals surface area contributed by atoms with E-state index >= 15 is 0 Å². The second-order valence-electron chi connectivity index (χ2n) is 5.70. The first-order valence-corrected chi connectivity index (χ1v) is 6.48. The Kier molecular flexibility index (Phi) is 5.51. The SMILES string of the molecule is COC(CNC(=O)c1ccc(CN)cc1)C(C)(C)C. The van der Waals surface area contributed by atoms with Crippen LogP contribution in [0, 0.1) is 5.41 Å². The van der Waals surface area contributed by atoms with Crippen molar-refractivity contribution in [3.63, 3.8) is 0 Å². The molecule has 106 valence electrons. The number of nitrogens with one attached hydrogen (secondary N) is 1. The normalized spacial score (nSPS) is 13.1. The summed E-state index contributed by atoms with van der Waals surface area (Å²) < 4.78 is 5.41. The van der Waals surface area contributed by atoms with Crippen molar-refractivity contribution in [3.8, 4) is 0 Å². The zero-order valence-corrected chi connectivity index (χ0v) is 12.2. The molecule has 1 amide bonds. The van der Waals surface area contributed by atoms with E-state index in [1.54, 1.807) is 19.2 Å². The molecule has 1 aromatic rings. The Morgan fingerprint density at radius 3 is 2.32 bits per heavy atom. The van der Waals surface area contributed by atoms with Crippen molar-refractivity contribution in [2.75, 3.05) is 13.7 Å². The molecule has 0 spiro atoms. The first-order chi connectivity index (χ1) is 8.88. The van der Waals surface area contributed by atoms with E-state index in [4.69, 9.17) is 10.5 Å². The lowest BCUT2D eigenvalue weighted by Gasteiger charge is -2.29. The van der Waals surface area contributed by atoms with E-state index in [9.17, 15) is 4.79 Å². The second kappa shape index (κ2) is 6.68. The first kappa shape index (κ1) is 15.7. The molecule has 0 aromatic heterocycles. The summed E-state index contributed by atoms with van der Waals surface area (Å²) in [6, 6.07) is 7.31. The molecule has 0 aliphatic rings. The molecule has 19 heavy (non-hydrogen) atoms. The summed E-state index contributed by atoms with van der Waals surface area (Å²) in [7, 11) is 1.66. The highest BCUT2D eigenvalue weighted by Crippen LogP contribution is 2.21. The monoisotopic (exact) mass is 264 g/mol. The van der Waals surface area contributed by atoms with Gasteiger partial charge in [0.15, 0.2) is 0 Å². The highest BCUT2D eigenvalue weighted by Gasteiger charge is 2.24. The van der Waals surface area contributed by atoms with E-state index in [2.05, 4.69) is 26.1 Å². The van der Waals surface area contributed by atoms with Crippen molar-refractivity contribution >= 4 is 5.91 Å². The van der Waals surface area contributed by atoms with Gasteiger partial charge in [0.2, 0.25) is 0 Å². The van der Waals surface area contributed by atoms with Crippen molar-refractivity contribution in [1.29, 1.82) is 0 Å².